The van der Waals surface area contributed by atoms with Crippen molar-refractivity contribution in [2.24, 2.45) is 0 Å². The number of carbonyl (C=O) groups is 1. The Kier molecular flexibility index (Phi) is 4.55. The van der Waals surface area contributed by atoms with Gasteiger partial charge in [-0.05, 0) is 34.7 Å². The Balaban J connectivity index is 1.75. The van der Waals surface area contributed by atoms with E-state index in [9.17, 15) is 4.79 Å². The highest BCUT2D eigenvalue weighted by Crippen LogP contribution is 2.31. The van der Waals surface area contributed by atoms with Crippen molar-refractivity contribution in [3.05, 3.63) is 101 Å². The first-order valence-corrected chi connectivity index (χ1v) is 9.16. The topological polar surface area (TPSA) is 29.1 Å². The lowest BCUT2D eigenvalue weighted by molar-refractivity contribution is 0.102. The fourth-order valence-corrected chi connectivity index (χ4v) is 3.62. The molecule has 1 amide bonds. The average molecular weight is 402 g/mol. The largest absolute Gasteiger partial charge is 0.321 e. The minimum atomic E-state index is -0.118. The van der Waals surface area contributed by atoms with E-state index in [1.54, 1.807) is 0 Å². The summed E-state index contributed by atoms with van der Waals surface area (Å²) >= 11 is 3.58. The Morgan fingerprint density at radius 3 is 2.19 bits per heavy atom. The molecule has 0 bridgehead atoms. The van der Waals surface area contributed by atoms with E-state index >= 15 is 0 Å². The lowest BCUT2D eigenvalue weighted by Gasteiger charge is -2.13. The summed E-state index contributed by atoms with van der Waals surface area (Å²) in [5, 5.41) is 5.21. The number of carbonyl (C=O) groups excluding carboxylic acids is 1. The summed E-state index contributed by atoms with van der Waals surface area (Å²) in [4.78, 5) is 13.0. The van der Waals surface area contributed by atoms with Crippen LogP contribution in [0.4, 0.5) is 5.69 Å². The van der Waals surface area contributed by atoms with E-state index in [4.69, 9.17) is 0 Å². The smallest absolute Gasteiger partial charge is 0.256 e. The molecule has 0 unspecified atom stereocenters. The molecule has 0 atom stereocenters. The van der Waals surface area contributed by atoms with Crippen LogP contribution in [0.5, 0.6) is 0 Å². The second-order valence-corrected chi connectivity index (χ2v) is 6.86. The van der Waals surface area contributed by atoms with Gasteiger partial charge in [0, 0.05) is 21.1 Å². The van der Waals surface area contributed by atoms with E-state index in [2.05, 4.69) is 21.2 Å². The highest BCUT2D eigenvalue weighted by molar-refractivity contribution is 9.10. The maximum atomic E-state index is 13.0. The van der Waals surface area contributed by atoms with Crippen LogP contribution < -0.4 is 5.32 Å². The van der Waals surface area contributed by atoms with Crippen molar-refractivity contribution in [2.75, 3.05) is 5.32 Å². The standard InChI is InChI=1S/C23H16BrNO/c24-21-14-6-5-12-19(21)18-11-3-4-13-20(18)23(26)25-22-15-7-9-16-8-1-2-10-17(16)22/h1-15H,(H,25,26). The van der Waals surface area contributed by atoms with Crippen LogP contribution in [-0.2, 0) is 0 Å². The highest BCUT2D eigenvalue weighted by atomic mass is 79.9. The van der Waals surface area contributed by atoms with Gasteiger partial charge in [0.2, 0.25) is 0 Å². The number of rotatable bonds is 3. The maximum Gasteiger partial charge on any atom is 0.256 e. The number of hydrogen-bond donors (Lipinski definition) is 1. The van der Waals surface area contributed by atoms with E-state index in [0.717, 1.165) is 32.1 Å². The maximum absolute atomic E-state index is 13.0. The zero-order valence-electron chi connectivity index (χ0n) is 13.9. The molecule has 0 saturated heterocycles. The molecule has 0 spiro atoms. The van der Waals surface area contributed by atoms with Gasteiger partial charge in [-0.25, -0.2) is 0 Å². The van der Waals surface area contributed by atoms with Crippen LogP contribution in [0.25, 0.3) is 21.9 Å². The molecule has 4 aromatic carbocycles. The summed E-state index contributed by atoms with van der Waals surface area (Å²) in [5.41, 5.74) is 3.36. The monoisotopic (exact) mass is 401 g/mol. The first-order valence-electron chi connectivity index (χ1n) is 8.37. The minimum absolute atomic E-state index is 0.118. The third-order valence-electron chi connectivity index (χ3n) is 4.37. The van der Waals surface area contributed by atoms with Gasteiger partial charge in [-0.15, -0.1) is 0 Å². The SMILES string of the molecule is O=C(Nc1cccc2ccccc12)c1ccccc1-c1ccccc1Br. The van der Waals surface area contributed by atoms with Crippen LogP contribution in [0.1, 0.15) is 10.4 Å². The van der Waals surface area contributed by atoms with E-state index < -0.39 is 0 Å². The number of hydrogen-bond acceptors (Lipinski definition) is 1. The zero-order chi connectivity index (χ0) is 17.9. The van der Waals surface area contributed by atoms with Gasteiger partial charge in [0.25, 0.3) is 5.91 Å². The van der Waals surface area contributed by atoms with Gasteiger partial charge in [-0.2, -0.15) is 0 Å². The van der Waals surface area contributed by atoms with Gasteiger partial charge in [0.1, 0.15) is 0 Å². The number of anilines is 1. The van der Waals surface area contributed by atoms with Crippen LogP contribution in [0, 0.1) is 0 Å². The number of halogens is 1. The molecule has 0 fully saturated rings. The predicted octanol–water partition coefficient (Wildman–Crippen LogP) is 6.52. The van der Waals surface area contributed by atoms with Crippen molar-refractivity contribution in [3.63, 3.8) is 0 Å². The Morgan fingerprint density at radius 2 is 1.35 bits per heavy atom. The number of fused-ring (bicyclic) bond motifs is 1. The van der Waals surface area contributed by atoms with Crippen LogP contribution >= 0.6 is 15.9 Å². The van der Waals surface area contributed by atoms with Gasteiger partial charge in [-0.3, -0.25) is 4.79 Å². The van der Waals surface area contributed by atoms with Gasteiger partial charge in [0.15, 0.2) is 0 Å². The van der Waals surface area contributed by atoms with Crippen molar-refractivity contribution in [3.8, 4) is 11.1 Å². The van der Waals surface area contributed by atoms with E-state index in [1.807, 2.05) is 91.0 Å². The first-order chi connectivity index (χ1) is 12.7. The van der Waals surface area contributed by atoms with Gasteiger partial charge >= 0.3 is 0 Å². The van der Waals surface area contributed by atoms with Gasteiger partial charge in [-0.1, -0.05) is 88.7 Å². The van der Waals surface area contributed by atoms with Crippen molar-refractivity contribution in [1.29, 1.82) is 0 Å². The number of amides is 1. The van der Waals surface area contributed by atoms with Crippen molar-refractivity contribution >= 4 is 38.3 Å². The van der Waals surface area contributed by atoms with Gasteiger partial charge < -0.3 is 5.32 Å². The third kappa shape index (κ3) is 3.14. The van der Waals surface area contributed by atoms with Gasteiger partial charge in [0.05, 0.1) is 0 Å². The zero-order valence-corrected chi connectivity index (χ0v) is 15.5. The molecule has 4 aromatic rings. The van der Waals surface area contributed by atoms with Crippen LogP contribution in [0.15, 0.2) is 95.5 Å². The Hall–Kier alpha value is -2.91. The predicted molar refractivity (Wildman–Crippen MR) is 111 cm³/mol. The second-order valence-electron chi connectivity index (χ2n) is 6.01. The molecule has 1 N–H and O–H groups in total. The average Bonchev–Trinajstić information content (AvgIpc) is 2.69. The molecule has 0 radical (unpaired) electrons. The molecular formula is C23H16BrNO. The quantitative estimate of drug-likeness (QED) is 0.415. The van der Waals surface area contributed by atoms with E-state index in [1.165, 1.54) is 0 Å². The second kappa shape index (κ2) is 7.14. The van der Waals surface area contributed by atoms with Crippen molar-refractivity contribution in [2.45, 2.75) is 0 Å². The van der Waals surface area contributed by atoms with Crippen molar-refractivity contribution in [1.82, 2.24) is 0 Å². The van der Waals surface area contributed by atoms with E-state index in [-0.39, 0.29) is 5.91 Å². The summed E-state index contributed by atoms with van der Waals surface area (Å²) in [7, 11) is 0. The fraction of sp³-hybridized carbons (Fsp3) is 0. The molecule has 0 aliphatic heterocycles. The van der Waals surface area contributed by atoms with Crippen LogP contribution in [0.3, 0.4) is 0 Å². The molecule has 126 valence electrons. The molecule has 26 heavy (non-hydrogen) atoms. The summed E-state index contributed by atoms with van der Waals surface area (Å²) in [6, 6.07) is 29.6. The summed E-state index contributed by atoms with van der Waals surface area (Å²) in [6.07, 6.45) is 0. The highest BCUT2D eigenvalue weighted by Gasteiger charge is 2.15. The Morgan fingerprint density at radius 1 is 0.692 bits per heavy atom. The molecule has 4 rings (SSSR count). The molecule has 0 aliphatic rings. The lowest BCUT2D eigenvalue weighted by Crippen LogP contribution is -2.13. The molecular weight excluding hydrogens is 386 g/mol. The first kappa shape index (κ1) is 16.6. The third-order valence-corrected chi connectivity index (χ3v) is 5.07. The molecule has 0 aromatic heterocycles. The molecule has 3 heteroatoms. The summed E-state index contributed by atoms with van der Waals surface area (Å²) < 4.78 is 0.963. The summed E-state index contributed by atoms with van der Waals surface area (Å²) in [6.45, 7) is 0. The Bertz CT molecular complexity index is 1100. The fourth-order valence-electron chi connectivity index (χ4n) is 3.12. The van der Waals surface area contributed by atoms with Crippen LogP contribution in [0.2, 0.25) is 0 Å². The molecule has 0 saturated carbocycles. The molecule has 0 aliphatic carbocycles. The normalized spacial score (nSPS) is 10.7. The Labute approximate surface area is 160 Å². The lowest BCUT2D eigenvalue weighted by atomic mass is 9.99. The van der Waals surface area contributed by atoms with Crippen LogP contribution in [-0.4, -0.2) is 5.91 Å². The molecule has 0 heterocycles. The minimum Gasteiger partial charge on any atom is -0.321 e. The number of benzene rings is 4. The number of nitrogens with one attached hydrogen (secondary N) is 1. The molecule has 2 nitrogen and oxygen atoms in total. The van der Waals surface area contributed by atoms with E-state index in [0.29, 0.717) is 5.56 Å². The summed E-state index contributed by atoms with van der Waals surface area (Å²) in [5.74, 6) is -0.118. The van der Waals surface area contributed by atoms with Crippen molar-refractivity contribution < 1.29 is 4.79 Å².